The summed E-state index contributed by atoms with van der Waals surface area (Å²) >= 11 is 0. The van der Waals surface area contributed by atoms with E-state index >= 15 is 0 Å². The number of amides is 2. The molecule has 0 radical (unpaired) electrons. The number of likely N-dealkylation sites (tertiary alicyclic amines) is 1. The Labute approximate surface area is 325 Å². The zero-order valence-electron chi connectivity index (χ0n) is 31.7. The Kier molecular flexibility index (Phi) is 11.8. The Balaban J connectivity index is 1.07. The van der Waals surface area contributed by atoms with Gasteiger partial charge in [-0.25, -0.2) is 4.79 Å². The summed E-state index contributed by atoms with van der Waals surface area (Å²) in [5.41, 5.74) is 1.61. The number of piperidine rings is 1. The zero-order valence-corrected chi connectivity index (χ0v) is 31.7. The van der Waals surface area contributed by atoms with Gasteiger partial charge in [0.25, 0.3) is 5.56 Å². The number of rotatable bonds is 8. The highest BCUT2D eigenvalue weighted by Crippen LogP contribution is 2.46. The van der Waals surface area contributed by atoms with Gasteiger partial charge in [0.1, 0.15) is 22.8 Å². The second kappa shape index (κ2) is 17.1. The van der Waals surface area contributed by atoms with Crippen LogP contribution in [0.5, 0.6) is 23.0 Å². The van der Waals surface area contributed by atoms with Crippen LogP contribution < -0.4 is 20.3 Å². The molecule has 296 valence electrons. The molecular formula is C43H49N3O10. The first kappa shape index (κ1) is 38.7. The molecule has 1 fully saturated rings. The molecule has 4 aliphatic rings. The normalized spacial score (nSPS) is 21.3. The third-order valence-corrected chi connectivity index (χ3v) is 11.3. The highest BCUT2D eigenvalue weighted by Gasteiger charge is 2.36. The molecule has 3 N–H and O–H groups in total. The Hall–Kier alpha value is -5.59. The third kappa shape index (κ3) is 8.61. The van der Waals surface area contributed by atoms with E-state index in [1.807, 2.05) is 15.5 Å². The maximum Gasteiger partial charge on any atom is 0.342 e. The van der Waals surface area contributed by atoms with Gasteiger partial charge in [-0.05, 0) is 86.8 Å². The van der Waals surface area contributed by atoms with E-state index in [1.54, 1.807) is 49.4 Å². The summed E-state index contributed by atoms with van der Waals surface area (Å²) in [4.78, 5) is 67.2. The van der Waals surface area contributed by atoms with Crippen molar-refractivity contribution in [1.29, 1.82) is 0 Å². The lowest BCUT2D eigenvalue weighted by molar-refractivity contribution is -0.134. The van der Waals surface area contributed by atoms with E-state index in [9.17, 15) is 34.2 Å². The fraction of sp³-hybridized carbons (Fsp3) is 0.465. The van der Waals surface area contributed by atoms with Gasteiger partial charge in [0.2, 0.25) is 18.6 Å². The molecule has 2 aromatic carbocycles. The molecule has 2 bridgehead atoms. The summed E-state index contributed by atoms with van der Waals surface area (Å²) in [7, 11) is 0. The number of phenols is 2. The monoisotopic (exact) mass is 767 g/mol. The molecule has 2 amide bonds. The first-order valence-electron chi connectivity index (χ1n) is 19.7. The largest absolute Gasteiger partial charge is 0.507 e. The van der Waals surface area contributed by atoms with Crippen molar-refractivity contribution < 1.29 is 43.6 Å². The zero-order chi connectivity index (χ0) is 39.3. The van der Waals surface area contributed by atoms with Crippen LogP contribution in [0.4, 0.5) is 0 Å². The number of cyclic esters (lactones) is 1. The number of hydrogen-bond acceptors (Lipinski definition) is 10. The summed E-state index contributed by atoms with van der Waals surface area (Å²) in [6.45, 7) is 3.73. The van der Waals surface area contributed by atoms with E-state index in [4.69, 9.17) is 14.2 Å². The number of phenolic OH excluding ortho intramolecular Hbond substituents is 2. The lowest BCUT2D eigenvalue weighted by Gasteiger charge is -2.42. The minimum Gasteiger partial charge on any atom is -0.507 e. The number of hydrogen-bond donors (Lipinski definition) is 3. The van der Waals surface area contributed by atoms with Gasteiger partial charge in [0.15, 0.2) is 11.5 Å². The number of benzene rings is 2. The molecule has 56 heavy (non-hydrogen) atoms. The maximum absolute atomic E-state index is 13.7. The highest BCUT2D eigenvalue weighted by atomic mass is 16.7. The van der Waals surface area contributed by atoms with Crippen LogP contribution in [0.2, 0.25) is 0 Å². The van der Waals surface area contributed by atoms with Crippen LogP contribution in [-0.4, -0.2) is 75.8 Å². The van der Waals surface area contributed by atoms with Crippen LogP contribution in [0, 0.1) is 5.92 Å². The van der Waals surface area contributed by atoms with Crippen molar-refractivity contribution in [2.24, 2.45) is 5.92 Å². The SMILES string of the molecule is C[C@H]1CCCC(=O)CCCC=Cc2cc(O)c(C(CC(=O)NCCCC(=O)N3CC4CC(C3)c3cccc(=O)n3C4)c3ccc4c(c3)OCO4)c(O)c2C(=O)O1. The van der Waals surface area contributed by atoms with Crippen LogP contribution in [0.25, 0.3) is 6.08 Å². The number of esters is 1. The molecule has 0 spiro atoms. The van der Waals surface area contributed by atoms with Gasteiger partial charge in [0.05, 0.1) is 6.10 Å². The van der Waals surface area contributed by atoms with Crippen LogP contribution >= 0.6 is 0 Å². The number of nitrogens with one attached hydrogen (secondary N) is 1. The Morgan fingerprint density at radius 3 is 2.66 bits per heavy atom. The predicted octanol–water partition coefficient (Wildman–Crippen LogP) is 5.53. The molecule has 13 heteroatoms. The van der Waals surface area contributed by atoms with Crippen molar-refractivity contribution >= 4 is 29.6 Å². The van der Waals surface area contributed by atoms with E-state index in [2.05, 4.69) is 5.32 Å². The number of ether oxygens (including phenoxy) is 3. The molecule has 3 aromatic rings. The van der Waals surface area contributed by atoms with E-state index in [0.717, 1.165) is 12.1 Å². The molecule has 1 aromatic heterocycles. The topological polar surface area (TPSA) is 174 Å². The quantitative estimate of drug-likeness (QED) is 0.195. The van der Waals surface area contributed by atoms with Gasteiger partial charge in [-0.15, -0.1) is 0 Å². The Bertz CT molecular complexity index is 2090. The number of fused-ring (bicyclic) bond motifs is 6. The summed E-state index contributed by atoms with van der Waals surface area (Å²) in [5, 5.41) is 26.3. The fourth-order valence-electron chi connectivity index (χ4n) is 8.52. The summed E-state index contributed by atoms with van der Waals surface area (Å²) in [6, 6.07) is 11.8. The number of nitrogens with zero attached hydrogens (tertiary/aromatic N) is 2. The van der Waals surface area contributed by atoms with Crippen molar-refractivity contribution in [1.82, 2.24) is 14.8 Å². The summed E-state index contributed by atoms with van der Waals surface area (Å²) < 4.78 is 18.7. The molecule has 0 aliphatic carbocycles. The van der Waals surface area contributed by atoms with Gasteiger partial charge in [-0.2, -0.15) is 0 Å². The average molecular weight is 768 g/mol. The van der Waals surface area contributed by atoms with E-state index in [1.165, 1.54) is 6.07 Å². The minimum atomic E-state index is -0.923. The molecule has 13 nitrogen and oxygen atoms in total. The lowest BCUT2D eigenvalue weighted by Crippen LogP contribution is -2.49. The fourth-order valence-corrected chi connectivity index (χ4v) is 8.52. The number of Topliss-reactive ketones (excluding diaryl/α,β-unsaturated/α-hetero) is 1. The highest BCUT2D eigenvalue weighted by molar-refractivity contribution is 5.98. The Morgan fingerprint density at radius 2 is 1.80 bits per heavy atom. The lowest BCUT2D eigenvalue weighted by atomic mass is 9.83. The maximum atomic E-state index is 13.7. The number of pyridine rings is 1. The van der Waals surface area contributed by atoms with Gasteiger partial charge >= 0.3 is 5.97 Å². The second-order valence-corrected chi connectivity index (χ2v) is 15.4. The number of allylic oxidation sites excluding steroid dienone is 1. The number of aromatic nitrogens is 1. The Morgan fingerprint density at radius 1 is 0.982 bits per heavy atom. The summed E-state index contributed by atoms with van der Waals surface area (Å²) in [5.74, 6) is -1.46. The van der Waals surface area contributed by atoms with Crippen LogP contribution in [-0.2, 0) is 25.7 Å². The predicted molar refractivity (Wildman–Crippen MR) is 206 cm³/mol. The van der Waals surface area contributed by atoms with E-state index in [0.29, 0.717) is 81.6 Å². The van der Waals surface area contributed by atoms with Gasteiger partial charge in [-0.3, -0.25) is 19.2 Å². The molecule has 4 aliphatic heterocycles. The second-order valence-electron chi connectivity index (χ2n) is 15.4. The first-order valence-corrected chi connectivity index (χ1v) is 19.7. The number of carbonyl (C=O) groups excluding carboxylic acids is 4. The smallest absolute Gasteiger partial charge is 0.342 e. The number of carbonyl (C=O) groups is 4. The first-order chi connectivity index (χ1) is 27.0. The van der Waals surface area contributed by atoms with Crippen molar-refractivity contribution in [3.63, 3.8) is 0 Å². The van der Waals surface area contributed by atoms with Gasteiger partial charge < -0.3 is 39.2 Å². The van der Waals surface area contributed by atoms with Crippen LogP contribution in [0.15, 0.2) is 53.3 Å². The molecule has 5 heterocycles. The minimum absolute atomic E-state index is 0.00212. The van der Waals surface area contributed by atoms with E-state index in [-0.39, 0.29) is 83.6 Å². The van der Waals surface area contributed by atoms with Gasteiger partial charge in [0, 0.05) is 81.0 Å². The van der Waals surface area contributed by atoms with Crippen molar-refractivity contribution in [2.45, 2.75) is 95.6 Å². The number of aromatic hydroxyl groups is 2. The molecule has 0 saturated carbocycles. The van der Waals surface area contributed by atoms with Crippen LogP contribution in [0.3, 0.4) is 0 Å². The van der Waals surface area contributed by atoms with Crippen molar-refractivity contribution in [3.8, 4) is 23.0 Å². The van der Waals surface area contributed by atoms with Crippen molar-refractivity contribution in [2.75, 3.05) is 26.4 Å². The third-order valence-electron chi connectivity index (χ3n) is 11.3. The molecule has 3 unspecified atom stereocenters. The van der Waals surface area contributed by atoms with E-state index < -0.39 is 23.7 Å². The van der Waals surface area contributed by atoms with Gasteiger partial charge in [-0.1, -0.05) is 24.3 Å². The molecule has 7 rings (SSSR count). The molecule has 4 atom stereocenters. The summed E-state index contributed by atoms with van der Waals surface area (Å²) in [6.07, 6.45) is 7.33. The average Bonchev–Trinajstić information content (AvgIpc) is 3.64. The molecule has 1 saturated heterocycles. The van der Waals surface area contributed by atoms with Crippen molar-refractivity contribution in [3.05, 3.63) is 86.8 Å². The standard InChI is InChI=1S/C43H49N3O10/c1-26-8-5-11-31(47)10-4-2-3-9-29-19-34(48)41(42(52)40(29)43(53)56-26)32(28-15-16-35-36(20-28)55-25-54-35)21-37(49)44-17-7-14-38(50)45-22-27-18-30(24-45)33-12-6-13-39(51)46(33)23-27/h3,6,9,12-13,15-16,19-20,26-27,30,32,48,52H,2,4-5,7-8,10-11,14,17-18,21-25H2,1H3,(H,44,49)/t26-,27?,30?,32?/m0/s1. The molecular weight excluding hydrogens is 718 g/mol. The number of ketones is 1. The van der Waals surface area contributed by atoms with Crippen LogP contribution in [0.1, 0.15) is 116 Å².